The van der Waals surface area contributed by atoms with Gasteiger partial charge >= 0.3 is 11.9 Å². The third kappa shape index (κ3) is 2.87. The molecule has 5 nitrogen and oxygen atoms in total. The summed E-state index contributed by atoms with van der Waals surface area (Å²) in [5.41, 5.74) is -0.736. The van der Waals surface area contributed by atoms with Gasteiger partial charge in [0.25, 0.3) is 0 Å². The van der Waals surface area contributed by atoms with Crippen LogP contribution in [0.2, 0.25) is 0 Å². The minimum Gasteiger partial charge on any atom is -0.455 e. The largest absolute Gasteiger partial charge is 0.455 e. The Morgan fingerprint density at radius 2 is 2.22 bits per heavy atom. The van der Waals surface area contributed by atoms with Gasteiger partial charge in [0.05, 0.1) is 5.60 Å². The molecule has 0 unspecified atom stereocenters. The Bertz CT molecular complexity index is 482. The summed E-state index contributed by atoms with van der Waals surface area (Å²) in [7, 11) is 0. The van der Waals surface area contributed by atoms with E-state index >= 15 is 0 Å². The van der Waals surface area contributed by atoms with Gasteiger partial charge in [0.2, 0.25) is 0 Å². The van der Waals surface area contributed by atoms with Gasteiger partial charge in [-0.15, -0.1) is 0 Å². The average molecular weight is 250 g/mol. The molecule has 0 aliphatic carbocycles. The van der Waals surface area contributed by atoms with E-state index in [2.05, 4.69) is 0 Å². The topological polar surface area (TPSA) is 72.8 Å². The van der Waals surface area contributed by atoms with Crippen molar-refractivity contribution in [1.29, 1.82) is 0 Å². The number of aliphatic hydroxyl groups is 1. The molecule has 96 valence electrons. The average Bonchev–Trinajstić information content (AvgIpc) is 2.73. The van der Waals surface area contributed by atoms with Gasteiger partial charge in [-0.25, -0.2) is 9.59 Å². The van der Waals surface area contributed by atoms with Crippen molar-refractivity contribution in [2.24, 2.45) is 0 Å². The fourth-order valence-electron chi connectivity index (χ4n) is 1.86. The van der Waals surface area contributed by atoms with Crippen LogP contribution < -0.4 is 0 Å². The normalized spacial score (nSPS) is 28.1. The van der Waals surface area contributed by atoms with Crippen LogP contribution in [0.1, 0.15) is 20.3 Å². The van der Waals surface area contributed by atoms with Gasteiger partial charge in [-0.1, -0.05) is 0 Å². The molecule has 0 saturated carbocycles. The Morgan fingerprint density at radius 1 is 1.50 bits per heavy atom. The molecule has 0 amide bonds. The molecule has 5 heteroatoms. The molecule has 0 radical (unpaired) electrons. The van der Waals surface area contributed by atoms with Crippen molar-refractivity contribution in [3.63, 3.8) is 0 Å². The van der Waals surface area contributed by atoms with E-state index in [-0.39, 0.29) is 6.42 Å². The number of allylic oxidation sites excluding steroid dienone is 1. The minimum atomic E-state index is -1.23. The lowest BCUT2D eigenvalue weighted by atomic mass is 9.97. The Hall–Kier alpha value is -1.88. The van der Waals surface area contributed by atoms with Crippen molar-refractivity contribution >= 4 is 11.9 Å². The van der Waals surface area contributed by atoms with E-state index < -0.39 is 23.6 Å². The number of ether oxygens (including phenoxy) is 2. The summed E-state index contributed by atoms with van der Waals surface area (Å²) in [5.74, 6) is -0.508. The van der Waals surface area contributed by atoms with Crippen molar-refractivity contribution in [1.82, 2.24) is 0 Å². The summed E-state index contributed by atoms with van der Waals surface area (Å²) in [5, 5.41) is 10.2. The molecule has 0 spiro atoms. The van der Waals surface area contributed by atoms with Crippen molar-refractivity contribution in [2.75, 3.05) is 0 Å². The monoisotopic (exact) mass is 250 g/mol. The quantitative estimate of drug-likeness (QED) is 0.756. The highest BCUT2D eigenvalue weighted by Gasteiger charge is 2.29. The molecular weight excluding hydrogens is 236 g/mol. The fourth-order valence-corrected chi connectivity index (χ4v) is 1.86. The molecular formula is C13H14O5. The minimum absolute atomic E-state index is 0.211. The van der Waals surface area contributed by atoms with Crippen LogP contribution in [0.5, 0.6) is 0 Å². The molecule has 0 aromatic rings. The summed E-state index contributed by atoms with van der Waals surface area (Å²) < 4.78 is 9.88. The lowest BCUT2D eigenvalue weighted by Gasteiger charge is -2.22. The summed E-state index contributed by atoms with van der Waals surface area (Å²) in [6, 6.07) is 0. The molecule has 2 aliphatic heterocycles. The predicted octanol–water partition coefficient (Wildman–Crippen LogP) is 0.996. The van der Waals surface area contributed by atoms with Gasteiger partial charge in [-0.05, 0) is 32.1 Å². The van der Waals surface area contributed by atoms with Gasteiger partial charge in [0.15, 0.2) is 0 Å². The van der Waals surface area contributed by atoms with Gasteiger partial charge < -0.3 is 14.6 Å². The smallest absolute Gasteiger partial charge is 0.339 e. The van der Waals surface area contributed by atoms with Crippen LogP contribution in [-0.2, 0) is 19.1 Å². The maximum absolute atomic E-state index is 11.2. The first-order chi connectivity index (χ1) is 8.35. The van der Waals surface area contributed by atoms with Crippen LogP contribution in [0.25, 0.3) is 0 Å². The Labute approximate surface area is 104 Å². The van der Waals surface area contributed by atoms with Crippen molar-refractivity contribution < 1.29 is 24.2 Å². The maximum atomic E-state index is 11.2. The van der Waals surface area contributed by atoms with Crippen LogP contribution in [0.3, 0.4) is 0 Å². The van der Waals surface area contributed by atoms with Gasteiger partial charge in [0.1, 0.15) is 11.9 Å². The fraction of sp³-hybridized carbons (Fsp3) is 0.385. The molecule has 0 fully saturated rings. The maximum Gasteiger partial charge on any atom is 0.339 e. The summed E-state index contributed by atoms with van der Waals surface area (Å²) in [6.07, 6.45) is 5.69. The Kier molecular flexibility index (Phi) is 3.09. The Morgan fingerprint density at radius 3 is 2.72 bits per heavy atom. The molecule has 0 aromatic heterocycles. The second-order valence-corrected chi connectivity index (χ2v) is 4.66. The van der Waals surface area contributed by atoms with E-state index in [0.29, 0.717) is 11.3 Å². The molecule has 2 rings (SSSR count). The first-order valence-electron chi connectivity index (χ1n) is 5.60. The van der Waals surface area contributed by atoms with E-state index in [0.717, 1.165) is 0 Å². The number of rotatable bonds is 3. The molecule has 0 saturated heterocycles. The van der Waals surface area contributed by atoms with Crippen LogP contribution in [0.4, 0.5) is 0 Å². The summed E-state index contributed by atoms with van der Waals surface area (Å²) >= 11 is 0. The van der Waals surface area contributed by atoms with E-state index in [1.165, 1.54) is 12.2 Å². The van der Waals surface area contributed by atoms with Crippen LogP contribution in [0, 0.1) is 0 Å². The standard InChI is InChI=1S/C13H14O5/c1-8-5-10(18-12(8)15)7-13(2,16)6-9-3-4-11(14)17-9/h3-5,7,9,16H,6H2,1-2H3/b10-7-/t9-,13+/m1/s1. The third-order valence-corrected chi connectivity index (χ3v) is 2.67. The number of hydrogen-bond acceptors (Lipinski definition) is 5. The van der Waals surface area contributed by atoms with Crippen LogP contribution in [0.15, 0.2) is 35.6 Å². The zero-order valence-electron chi connectivity index (χ0n) is 10.2. The second-order valence-electron chi connectivity index (χ2n) is 4.66. The number of hydrogen-bond donors (Lipinski definition) is 1. The lowest BCUT2D eigenvalue weighted by Crippen LogP contribution is -2.28. The lowest BCUT2D eigenvalue weighted by molar-refractivity contribution is -0.140. The first-order valence-corrected chi connectivity index (χ1v) is 5.60. The molecule has 18 heavy (non-hydrogen) atoms. The van der Waals surface area contributed by atoms with E-state index in [9.17, 15) is 14.7 Å². The highest BCUT2D eigenvalue weighted by atomic mass is 16.5. The number of cyclic esters (lactones) is 2. The predicted molar refractivity (Wildman–Crippen MR) is 62.2 cm³/mol. The van der Waals surface area contributed by atoms with Gasteiger partial charge in [-0.2, -0.15) is 0 Å². The highest BCUT2D eigenvalue weighted by molar-refractivity contribution is 5.92. The molecule has 2 aliphatic rings. The van der Waals surface area contributed by atoms with Crippen molar-refractivity contribution in [3.8, 4) is 0 Å². The Balaban J connectivity index is 2.04. The van der Waals surface area contributed by atoms with Crippen LogP contribution in [-0.4, -0.2) is 28.8 Å². The zero-order chi connectivity index (χ0) is 13.3. The van der Waals surface area contributed by atoms with Crippen molar-refractivity contribution in [2.45, 2.75) is 32.0 Å². The first kappa shape index (κ1) is 12.6. The van der Waals surface area contributed by atoms with Crippen molar-refractivity contribution in [3.05, 3.63) is 35.6 Å². The van der Waals surface area contributed by atoms with E-state index in [4.69, 9.17) is 9.47 Å². The SMILES string of the molecule is CC1=C/C(=C/[C@@](C)(O)C[C@H]2C=CC(=O)O2)OC1=O. The number of carbonyl (C=O) groups is 2. The molecule has 2 atom stereocenters. The van der Waals surface area contributed by atoms with Crippen LogP contribution >= 0.6 is 0 Å². The molecule has 1 N–H and O–H groups in total. The summed E-state index contributed by atoms with van der Waals surface area (Å²) in [6.45, 7) is 3.20. The zero-order valence-corrected chi connectivity index (χ0v) is 10.2. The second kappa shape index (κ2) is 4.42. The summed E-state index contributed by atoms with van der Waals surface area (Å²) in [4.78, 5) is 22.0. The third-order valence-electron chi connectivity index (χ3n) is 2.67. The number of esters is 2. The highest BCUT2D eigenvalue weighted by Crippen LogP contribution is 2.25. The van der Waals surface area contributed by atoms with Gasteiger partial charge in [0, 0.05) is 18.1 Å². The van der Waals surface area contributed by atoms with E-state index in [1.807, 2.05) is 0 Å². The van der Waals surface area contributed by atoms with E-state index in [1.54, 1.807) is 26.0 Å². The molecule has 0 aromatic carbocycles. The number of carbonyl (C=O) groups excluding carboxylic acids is 2. The van der Waals surface area contributed by atoms with Gasteiger partial charge in [-0.3, -0.25) is 0 Å². The molecule has 2 heterocycles. The molecule has 0 bridgehead atoms.